The average Bonchev–Trinajstić information content (AvgIpc) is 2.55. The fourth-order valence-corrected chi connectivity index (χ4v) is 2.47. The molecular formula is C20H38O2. The molecule has 0 rings (SSSR count). The largest absolute Gasteiger partial charge is 0.356 e. The number of methoxy groups -OCH3 is 2. The number of unbranched alkanes of at least 4 members (excludes halogenated alkanes) is 9. The lowest BCUT2D eigenvalue weighted by molar-refractivity contribution is -0.107. The Balaban J connectivity index is 3.25. The van der Waals surface area contributed by atoms with Gasteiger partial charge in [0, 0.05) is 14.2 Å². The standard InChI is InChI=1S/C20H38O2/c1-4-5-6-7-8-9-10-11-12-13-14-15-16-17-18-19-20(21-2)22-3/h9-12,20H,4-8,13-19H2,1-3H3. The summed E-state index contributed by atoms with van der Waals surface area (Å²) in [4.78, 5) is 0. The molecule has 0 saturated heterocycles. The molecule has 0 saturated carbocycles. The van der Waals surface area contributed by atoms with Crippen LogP contribution in [0.15, 0.2) is 24.3 Å². The third-order valence-corrected chi connectivity index (χ3v) is 3.94. The number of rotatable bonds is 16. The van der Waals surface area contributed by atoms with E-state index in [1.165, 1.54) is 70.6 Å². The molecule has 2 heteroatoms. The van der Waals surface area contributed by atoms with Crippen LogP contribution in [-0.2, 0) is 9.47 Å². The van der Waals surface area contributed by atoms with Crippen molar-refractivity contribution >= 4 is 0 Å². The number of hydrogen-bond acceptors (Lipinski definition) is 2. The molecule has 0 radical (unpaired) electrons. The minimum atomic E-state index is -0.0170. The minimum Gasteiger partial charge on any atom is -0.356 e. The fraction of sp³-hybridized carbons (Fsp3) is 0.800. The fourth-order valence-electron chi connectivity index (χ4n) is 2.47. The Morgan fingerprint density at radius 3 is 1.73 bits per heavy atom. The second-order valence-corrected chi connectivity index (χ2v) is 5.95. The maximum absolute atomic E-state index is 5.18. The van der Waals surface area contributed by atoms with Gasteiger partial charge in [0.15, 0.2) is 6.29 Å². The van der Waals surface area contributed by atoms with Crippen molar-refractivity contribution in [3.8, 4) is 0 Å². The van der Waals surface area contributed by atoms with Gasteiger partial charge in [-0.2, -0.15) is 0 Å². The molecular weight excluding hydrogens is 272 g/mol. The Labute approximate surface area is 139 Å². The van der Waals surface area contributed by atoms with E-state index in [0.29, 0.717) is 0 Å². The molecule has 0 aromatic carbocycles. The molecule has 0 unspecified atom stereocenters. The van der Waals surface area contributed by atoms with Crippen LogP contribution in [0.2, 0.25) is 0 Å². The Kier molecular flexibility index (Phi) is 17.9. The van der Waals surface area contributed by atoms with Gasteiger partial charge in [0.25, 0.3) is 0 Å². The van der Waals surface area contributed by atoms with Gasteiger partial charge in [0.05, 0.1) is 0 Å². The van der Waals surface area contributed by atoms with Crippen molar-refractivity contribution in [2.45, 2.75) is 90.3 Å². The molecule has 0 bridgehead atoms. The smallest absolute Gasteiger partial charge is 0.156 e. The first-order valence-corrected chi connectivity index (χ1v) is 9.22. The molecule has 130 valence electrons. The van der Waals surface area contributed by atoms with Gasteiger partial charge in [-0.1, -0.05) is 69.8 Å². The lowest BCUT2D eigenvalue weighted by Crippen LogP contribution is -2.12. The van der Waals surface area contributed by atoms with Crippen molar-refractivity contribution in [1.82, 2.24) is 0 Å². The van der Waals surface area contributed by atoms with E-state index in [4.69, 9.17) is 9.47 Å². The van der Waals surface area contributed by atoms with Crippen LogP contribution < -0.4 is 0 Å². The predicted octanol–water partition coefficient (Wildman–Crippen LogP) is 6.42. The molecule has 0 amide bonds. The van der Waals surface area contributed by atoms with Gasteiger partial charge in [0.1, 0.15) is 0 Å². The first-order chi connectivity index (χ1) is 10.8. The summed E-state index contributed by atoms with van der Waals surface area (Å²) in [5.41, 5.74) is 0. The Hall–Kier alpha value is -0.600. The molecule has 0 aromatic heterocycles. The SMILES string of the molecule is CCCCCCC=CC=CCCCCCCCC(OC)OC. The minimum absolute atomic E-state index is 0.0170. The highest BCUT2D eigenvalue weighted by Crippen LogP contribution is 2.10. The van der Waals surface area contributed by atoms with E-state index >= 15 is 0 Å². The summed E-state index contributed by atoms with van der Waals surface area (Å²) < 4.78 is 10.4. The molecule has 2 nitrogen and oxygen atoms in total. The summed E-state index contributed by atoms with van der Waals surface area (Å²) in [6, 6.07) is 0. The highest BCUT2D eigenvalue weighted by molar-refractivity contribution is 5.02. The van der Waals surface area contributed by atoms with Gasteiger partial charge >= 0.3 is 0 Å². The molecule has 0 aliphatic carbocycles. The third kappa shape index (κ3) is 15.8. The summed E-state index contributed by atoms with van der Waals surface area (Å²) >= 11 is 0. The maximum Gasteiger partial charge on any atom is 0.156 e. The van der Waals surface area contributed by atoms with Crippen LogP contribution in [0.4, 0.5) is 0 Å². The molecule has 0 atom stereocenters. The highest BCUT2D eigenvalue weighted by atomic mass is 16.7. The van der Waals surface area contributed by atoms with Gasteiger partial charge in [0.2, 0.25) is 0 Å². The Bertz CT molecular complexity index is 254. The van der Waals surface area contributed by atoms with Crippen molar-refractivity contribution in [1.29, 1.82) is 0 Å². The zero-order valence-corrected chi connectivity index (χ0v) is 15.2. The van der Waals surface area contributed by atoms with E-state index in [0.717, 1.165) is 6.42 Å². The topological polar surface area (TPSA) is 18.5 Å². The molecule has 0 aliphatic rings. The Morgan fingerprint density at radius 1 is 0.682 bits per heavy atom. The lowest BCUT2D eigenvalue weighted by Gasteiger charge is -2.12. The van der Waals surface area contributed by atoms with Crippen molar-refractivity contribution in [2.75, 3.05) is 14.2 Å². The normalized spacial score (nSPS) is 12.2. The van der Waals surface area contributed by atoms with Crippen LogP contribution >= 0.6 is 0 Å². The van der Waals surface area contributed by atoms with Crippen molar-refractivity contribution in [2.24, 2.45) is 0 Å². The van der Waals surface area contributed by atoms with Crippen LogP contribution in [0.5, 0.6) is 0 Å². The summed E-state index contributed by atoms with van der Waals surface area (Å²) in [5, 5.41) is 0. The molecule has 0 spiro atoms. The number of hydrogen-bond donors (Lipinski definition) is 0. The van der Waals surface area contributed by atoms with Crippen molar-refractivity contribution in [3.63, 3.8) is 0 Å². The first kappa shape index (κ1) is 21.4. The zero-order valence-electron chi connectivity index (χ0n) is 15.2. The van der Waals surface area contributed by atoms with Gasteiger partial charge in [-0.15, -0.1) is 0 Å². The number of allylic oxidation sites excluding steroid dienone is 4. The summed E-state index contributed by atoms with van der Waals surface area (Å²) in [7, 11) is 3.42. The lowest BCUT2D eigenvalue weighted by atomic mass is 10.1. The molecule has 0 fully saturated rings. The Morgan fingerprint density at radius 2 is 1.18 bits per heavy atom. The molecule has 0 N–H and O–H groups in total. The second-order valence-electron chi connectivity index (χ2n) is 5.95. The average molecular weight is 311 g/mol. The van der Waals surface area contributed by atoms with Crippen LogP contribution in [0.1, 0.15) is 84.0 Å². The van der Waals surface area contributed by atoms with Gasteiger partial charge < -0.3 is 9.47 Å². The molecule has 0 aromatic rings. The van der Waals surface area contributed by atoms with Gasteiger partial charge in [-0.05, 0) is 38.5 Å². The number of ether oxygens (including phenoxy) is 2. The van der Waals surface area contributed by atoms with E-state index in [-0.39, 0.29) is 6.29 Å². The third-order valence-electron chi connectivity index (χ3n) is 3.94. The zero-order chi connectivity index (χ0) is 16.3. The quantitative estimate of drug-likeness (QED) is 0.186. The summed E-state index contributed by atoms with van der Waals surface area (Å²) in [6.07, 6.45) is 24.3. The highest BCUT2D eigenvalue weighted by Gasteiger charge is 2.03. The second kappa shape index (κ2) is 18.4. The van der Waals surface area contributed by atoms with Crippen molar-refractivity contribution < 1.29 is 9.47 Å². The maximum atomic E-state index is 5.18. The summed E-state index contributed by atoms with van der Waals surface area (Å²) in [6.45, 7) is 2.26. The first-order valence-electron chi connectivity index (χ1n) is 9.22. The van der Waals surface area contributed by atoms with Crippen LogP contribution in [-0.4, -0.2) is 20.5 Å². The van der Waals surface area contributed by atoms with E-state index in [9.17, 15) is 0 Å². The van der Waals surface area contributed by atoms with E-state index in [2.05, 4.69) is 31.2 Å². The predicted molar refractivity (Wildman–Crippen MR) is 97.2 cm³/mol. The molecule has 0 heterocycles. The van der Waals surface area contributed by atoms with Crippen LogP contribution in [0.3, 0.4) is 0 Å². The van der Waals surface area contributed by atoms with E-state index < -0.39 is 0 Å². The van der Waals surface area contributed by atoms with E-state index in [1.807, 2.05) is 0 Å². The van der Waals surface area contributed by atoms with Crippen LogP contribution in [0.25, 0.3) is 0 Å². The monoisotopic (exact) mass is 310 g/mol. The van der Waals surface area contributed by atoms with Gasteiger partial charge in [-0.25, -0.2) is 0 Å². The molecule has 0 aliphatic heterocycles. The van der Waals surface area contributed by atoms with Gasteiger partial charge in [-0.3, -0.25) is 0 Å². The summed E-state index contributed by atoms with van der Waals surface area (Å²) in [5.74, 6) is 0. The molecule has 22 heavy (non-hydrogen) atoms. The van der Waals surface area contributed by atoms with Crippen LogP contribution in [0, 0.1) is 0 Å². The van der Waals surface area contributed by atoms with Crippen molar-refractivity contribution in [3.05, 3.63) is 24.3 Å². The van der Waals surface area contributed by atoms with E-state index in [1.54, 1.807) is 14.2 Å².